The number of halogens is 1. The first-order valence-electron chi connectivity index (χ1n) is 12.9. The number of nitrogens with one attached hydrogen (secondary N) is 2. The van der Waals surface area contributed by atoms with Crippen LogP contribution in [0.1, 0.15) is 25.5 Å². The fourth-order valence-corrected chi connectivity index (χ4v) is 5.06. The van der Waals surface area contributed by atoms with Crippen molar-refractivity contribution in [1.82, 2.24) is 20.1 Å². The molecule has 2 atom stereocenters. The van der Waals surface area contributed by atoms with E-state index in [1.54, 1.807) is 6.20 Å². The van der Waals surface area contributed by atoms with Gasteiger partial charge in [0.25, 0.3) is 0 Å². The quantitative estimate of drug-likeness (QED) is 0.395. The number of ether oxygens (including phenoxy) is 1. The monoisotopic (exact) mass is 514 g/mol. The molecule has 0 spiro atoms. The number of rotatable bonds is 9. The number of pyridine rings is 1. The Balaban J connectivity index is 1.41. The van der Waals surface area contributed by atoms with Gasteiger partial charge in [-0.25, -0.2) is 4.98 Å². The normalized spacial score (nSPS) is 22.4. The molecule has 3 aliphatic rings. The average molecular weight is 515 g/mol. The number of nitrogens with two attached hydrogens (primary N) is 2. The molecule has 1 aliphatic carbocycles. The third-order valence-electron chi connectivity index (χ3n) is 6.85. The molecule has 6 N–H and O–H groups in total. The molecule has 1 fully saturated rings. The van der Waals surface area contributed by atoms with Gasteiger partial charge in [0.1, 0.15) is 11.7 Å². The van der Waals surface area contributed by atoms with Crippen molar-refractivity contribution >= 4 is 29.0 Å². The Bertz CT molecular complexity index is 1000. The summed E-state index contributed by atoms with van der Waals surface area (Å²) in [5.41, 5.74) is 15.0. The highest BCUT2D eigenvalue weighted by atomic mass is 35.5. The van der Waals surface area contributed by atoms with Gasteiger partial charge in [-0.05, 0) is 43.5 Å². The Morgan fingerprint density at radius 3 is 2.89 bits per heavy atom. The van der Waals surface area contributed by atoms with Crippen LogP contribution in [-0.2, 0) is 4.74 Å². The molecule has 2 unspecified atom stereocenters. The first kappa shape index (κ1) is 26.5. The lowest BCUT2D eigenvalue weighted by Gasteiger charge is -2.37. The summed E-state index contributed by atoms with van der Waals surface area (Å²) in [6.07, 6.45) is 7.64. The van der Waals surface area contributed by atoms with Crippen LogP contribution in [0.15, 0.2) is 52.1 Å². The molecule has 3 heterocycles. The number of nitrogens with zero attached hydrogens (tertiary/aromatic N) is 4. The summed E-state index contributed by atoms with van der Waals surface area (Å²) in [5, 5.41) is 7.89. The zero-order valence-corrected chi connectivity index (χ0v) is 21.9. The maximum Gasteiger partial charge on any atom is 0.127 e. The second kappa shape index (κ2) is 13.1. The topological polar surface area (TPSA) is 117 Å². The number of morpholine rings is 1. The lowest BCUT2D eigenvalue weighted by atomic mass is 10.00. The zero-order chi connectivity index (χ0) is 25.3. The van der Waals surface area contributed by atoms with Gasteiger partial charge in [-0.2, -0.15) is 0 Å². The van der Waals surface area contributed by atoms with Gasteiger partial charge >= 0.3 is 0 Å². The fourth-order valence-electron chi connectivity index (χ4n) is 4.83. The average Bonchev–Trinajstić information content (AvgIpc) is 2.90. The predicted molar refractivity (Wildman–Crippen MR) is 148 cm³/mol. The summed E-state index contributed by atoms with van der Waals surface area (Å²) in [6, 6.07) is 5.93. The van der Waals surface area contributed by atoms with Crippen molar-refractivity contribution in [2.24, 2.45) is 16.5 Å². The SMILES string of the molecule is CC1C(NCCN2CCOCC2)=NCCN1/C(=C\N)c1cccc(NC(CN)C2=CCCC(Cl)=C2)n1. The minimum Gasteiger partial charge on any atom is -0.403 e. The number of hydrogen-bond acceptors (Lipinski definition) is 9. The van der Waals surface area contributed by atoms with Crippen molar-refractivity contribution in [3.63, 3.8) is 0 Å². The number of aliphatic imine (C=N–C) groups is 1. The summed E-state index contributed by atoms with van der Waals surface area (Å²) in [7, 11) is 0. The highest BCUT2D eigenvalue weighted by Crippen LogP contribution is 2.25. The van der Waals surface area contributed by atoms with E-state index in [0.29, 0.717) is 13.1 Å². The molecule has 1 saturated heterocycles. The smallest absolute Gasteiger partial charge is 0.127 e. The Hall–Kier alpha value is -2.59. The number of amidine groups is 1. The van der Waals surface area contributed by atoms with E-state index in [9.17, 15) is 0 Å². The van der Waals surface area contributed by atoms with E-state index in [1.165, 1.54) is 0 Å². The third-order valence-corrected chi connectivity index (χ3v) is 7.15. The van der Waals surface area contributed by atoms with E-state index < -0.39 is 0 Å². The molecule has 1 aromatic rings. The molecular formula is C26H39ClN8O. The number of aromatic nitrogens is 1. The second-order valence-electron chi connectivity index (χ2n) is 9.24. The predicted octanol–water partition coefficient (Wildman–Crippen LogP) is 1.95. The van der Waals surface area contributed by atoms with Crippen LogP contribution in [-0.4, -0.2) is 91.7 Å². The molecule has 4 rings (SSSR count). The van der Waals surface area contributed by atoms with E-state index in [1.807, 2.05) is 24.3 Å². The largest absolute Gasteiger partial charge is 0.403 e. The minimum atomic E-state index is -0.0598. The molecular weight excluding hydrogens is 476 g/mol. The number of allylic oxidation sites excluding steroid dienone is 2. The zero-order valence-electron chi connectivity index (χ0n) is 21.1. The lowest BCUT2D eigenvalue weighted by Crippen LogP contribution is -2.50. The Kier molecular flexibility index (Phi) is 9.63. The first-order chi connectivity index (χ1) is 17.6. The fraction of sp³-hybridized carbons (Fsp3) is 0.538. The van der Waals surface area contributed by atoms with Crippen molar-refractivity contribution in [3.05, 3.63) is 52.9 Å². The molecule has 9 nitrogen and oxygen atoms in total. The van der Waals surface area contributed by atoms with Crippen molar-refractivity contribution in [1.29, 1.82) is 0 Å². The Morgan fingerprint density at radius 1 is 1.31 bits per heavy atom. The molecule has 0 saturated carbocycles. The summed E-state index contributed by atoms with van der Waals surface area (Å²) in [5.74, 6) is 1.74. The highest BCUT2D eigenvalue weighted by molar-refractivity contribution is 6.29. The van der Waals surface area contributed by atoms with Crippen molar-refractivity contribution < 1.29 is 4.74 Å². The van der Waals surface area contributed by atoms with Crippen LogP contribution in [0, 0.1) is 0 Å². The summed E-state index contributed by atoms with van der Waals surface area (Å²) < 4.78 is 5.44. The molecule has 0 bridgehead atoms. The number of anilines is 1. The molecule has 0 radical (unpaired) electrons. The molecule has 36 heavy (non-hydrogen) atoms. The van der Waals surface area contributed by atoms with Crippen LogP contribution in [0.5, 0.6) is 0 Å². The van der Waals surface area contributed by atoms with Crippen LogP contribution >= 0.6 is 11.6 Å². The molecule has 2 aliphatic heterocycles. The third kappa shape index (κ3) is 6.79. The lowest BCUT2D eigenvalue weighted by molar-refractivity contribution is 0.0389. The van der Waals surface area contributed by atoms with E-state index >= 15 is 0 Å². The van der Waals surface area contributed by atoms with Crippen LogP contribution in [0.25, 0.3) is 5.70 Å². The molecule has 0 amide bonds. The molecule has 196 valence electrons. The van der Waals surface area contributed by atoms with Gasteiger partial charge in [0.2, 0.25) is 0 Å². The standard InChI is InChI=1S/C26H39ClN8O/c1-19-26(30-8-10-34-12-14-36-15-13-34)31-9-11-35(19)24(18-29)22-6-3-7-25(32-22)33-23(17-28)20-4-2-5-21(27)16-20/h3-4,6-7,16,18-19,23H,2,5,8-15,17,28-29H2,1H3,(H,30,31)(H,32,33)/b24-18-. The van der Waals surface area contributed by atoms with E-state index in [4.69, 9.17) is 37.8 Å². The Labute approximate surface area is 219 Å². The van der Waals surface area contributed by atoms with Gasteiger partial charge in [0, 0.05) is 50.5 Å². The van der Waals surface area contributed by atoms with Gasteiger partial charge < -0.3 is 31.7 Å². The van der Waals surface area contributed by atoms with Crippen LogP contribution < -0.4 is 22.1 Å². The van der Waals surface area contributed by atoms with Gasteiger partial charge in [-0.1, -0.05) is 23.7 Å². The summed E-state index contributed by atoms with van der Waals surface area (Å²) in [4.78, 5) is 14.3. The maximum atomic E-state index is 6.27. The van der Waals surface area contributed by atoms with E-state index in [2.05, 4.69) is 33.4 Å². The van der Waals surface area contributed by atoms with Crippen molar-refractivity contribution in [2.75, 3.05) is 64.3 Å². The van der Waals surface area contributed by atoms with Crippen LogP contribution in [0.4, 0.5) is 5.82 Å². The van der Waals surface area contributed by atoms with Crippen molar-refractivity contribution in [2.45, 2.75) is 31.8 Å². The summed E-state index contributed by atoms with van der Waals surface area (Å²) in [6.45, 7) is 9.49. The molecule has 1 aromatic heterocycles. The van der Waals surface area contributed by atoms with Crippen LogP contribution in [0.3, 0.4) is 0 Å². The second-order valence-corrected chi connectivity index (χ2v) is 9.73. The minimum absolute atomic E-state index is 0.0598. The molecule has 10 heteroatoms. The van der Waals surface area contributed by atoms with Gasteiger partial charge in [-0.15, -0.1) is 0 Å². The van der Waals surface area contributed by atoms with E-state index in [-0.39, 0.29) is 12.1 Å². The molecule has 0 aromatic carbocycles. The van der Waals surface area contributed by atoms with E-state index in [0.717, 1.165) is 92.4 Å². The van der Waals surface area contributed by atoms with Gasteiger partial charge in [-0.3, -0.25) is 9.89 Å². The Morgan fingerprint density at radius 2 is 2.14 bits per heavy atom. The number of hydrogen-bond donors (Lipinski definition) is 4. The van der Waals surface area contributed by atoms with Gasteiger partial charge in [0.05, 0.1) is 43.2 Å². The summed E-state index contributed by atoms with van der Waals surface area (Å²) >= 11 is 6.27. The van der Waals surface area contributed by atoms with Crippen molar-refractivity contribution in [3.8, 4) is 0 Å². The maximum absolute atomic E-state index is 6.27. The van der Waals surface area contributed by atoms with Crippen LogP contribution in [0.2, 0.25) is 0 Å². The highest BCUT2D eigenvalue weighted by Gasteiger charge is 2.26. The first-order valence-corrected chi connectivity index (χ1v) is 13.2. The van der Waals surface area contributed by atoms with Gasteiger partial charge in [0.15, 0.2) is 0 Å².